The second kappa shape index (κ2) is 10.8. The van der Waals surface area contributed by atoms with Crippen LogP contribution >= 0.6 is 11.3 Å². The van der Waals surface area contributed by atoms with E-state index in [0.29, 0.717) is 0 Å². The van der Waals surface area contributed by atoms with Crippen LogP contribution in [0.15, 0.2) is 164 Å². The van der Waals surface area contributed by atoms with Crippen LogP contribution in [0.4, 0.5) is 17.1 Å². The van der Waals surface area contributed by atoms with Crippen LogP contribution in [0, 0.1) is 0 Å². The second-order valence-corrected chi connectivity index (χ2v) is 14.0. The number of nitrogens with zero attached hydrogens (tertiary/aromatic N) is 1. The zero-order chi connectivity index (χ0) is 31.5. The highest BCUT2D eigenvalue weighted by molar-refractivity contribution is 7.26. The van der Waals surface area contributed by atoms with Crippen LogP contribution in [0.3, 0.4) is 0 Å². The topological polar surface area (TPSA) is 3.24 Å². The van der Waals surface area contributed by atoms with Gasteiger partial charge in [0, 0.05) is 37.0 Å². The van der Waals surface area contributed by atoms with E-state index >= 15 is 0 Å². The van der Waals surface area contributed by atoms with Gasteiger partial charge in [0.1, 0.15) is 0 Å². The highest BCUT2D eigenvalue weighted by atomic mass is 32.1. The molecule has 9 rings (SSSR count). The van der Waals surface area contributed by atoms with Crippen LogP contribution in [-0.4, -0.2) is 0 Å². The summed E-state index contributed by atoms with van der Waals surface area (Å²) in [6, 6.07) is 60.0. The van der Waals surface area contributed by atoms with Crippen molar-refractivity contribution in [2.75, 3.05) is 4.90 Å². The highest BCUT2D eigenvalue weighted by Crippen LogP contribution is 2.54. The summed E-state index contributed by atoms with van der Waals surface area (Å²) in [4.78, 5) is 2.45. The number of thiophene rings is 1. The zero-order valence-corrected chi connectivity index (χ0v) is 27.3. The van der Waals surface area contributed by atoms with E-state index < -0.39 is 0 Å². The summed E-state index contributed by atoms with van der Waals surface area (Å²) >= 11 is 1.88. The SMILES string of the molecule is CC1(C)c2ccccc2-c2cccc(N(c3ccc(-c4ccccc4)cc3)c3ccc(-c4cccc5c4sc4ccccc45)cc3)c21. The monoisotopic (exact) mass is 619 g/mol. The van der Waals surface area contributed by atoms with E-state index in [4.69, 9.17) is 0 Å². The van der Waals surface area contributed by atoms with Gasteiger partial charge >= 0.3 is 0 Å². The summed E-state index contributed by atoms with van der Waals surface area (Å²) in [5, 5.41) is 2.66. The summed E-state index contributed by atoms with van der Waals surface area (Å²) in [6.07, 6.45) is 0. The van der Waals surface area contributed by atoms with Crippen LogP contribution in [0.25, 0.3) is 53.6 Å². The third kappa shape index (κ3) is 4.44. The number of benzene rings is 7. The first-order valence-corrected chi connectivity index (χ1v) is 17.1. The molecule has 0 spiro atoms. The third-order valence-corrected chi connectivity index (χ3v) is 11.1. The number of rotatable bonds is 5. The minimum Gasteiger partial charge on any atom is -0.310 e. The fourth-order valence-corrected chi connectivity index (χ4v) is 8.87. The average Bonchev–Trinajstić information content (AvgIpc) is 3.62. The predicted molar refractivity (Wildman–Crippen MR) is 202 cm³/mol. The fourth-order valence-electron chi connectivity index (χ4n) is 7.63. The van der Waals surface area contributed by atoms with Crippen molar-refractivity contribution >= 4 is 48.6 Å². The van der Waals surface area contributed by atoms with E-state index in [9.17, 15) is 0 Å². The van der Waals surface area contributed by atoms with Crippen molar-refractivity contribution in [1.29, 1.82) is 0 Å². The van der Waals surface area contributed by atoms with Crippen LogP contribution in [-0.2, 0) is 5.41 Å². The van der Waals surface area contributed by atoms with E-state index in [0.717, 1.165) is 11.4 Å². The summed E-state index contributed by atoms with van der Waals surface area (Å²) in [6.45, 7) is 4.74. The molecule has 8 aromatic rings. The van der Waals surface area contributed by atoms with E-state index in [-0.39, 0.29) is 5.41 Å². The Labute approximate surface area is 280 Å². The van der Waals surface area contributed by atoms with Crippen molar-refractivity contribution in [2.45, 2.75) is 19.3 Å². The second-order valence-electron chi connectivity index (χ2n) is 12.9. The van der Waals surface area contributed by atoms with E-state index in [2.05, 4.69) is 183 Å². The lowest BCUT2D eigenvalue weighted by Gasteiger charge is -2.32. The van der Waals surface area contributed by atoms with Gasteiger partial charge in [0.05, 0.1) is 5.69 Å². The quantitative estimate of drug-likeness (QED) is 0.185. The number of hydrogen-bond acceptors (Lipinski definition) is 2. The van der Waals surface area contributed by atoms with Crippen LogP contribution in [0.2, 0.25) is 0 Å². The summed E-state index contributed by atoms with van der Waals surface area (Å²) < 4.78 is 2.67. The molecule has 1 heterocycles. The van der Waals surface area contributed by atoms with Gasteiger partial charge in [-0.05, 0) is 80.9 Å². The first-order chi connectivity index (χ1) is 23.1. The summed E-state index contributed by atoms with van der Waals surface area (Å²) in [7, 11) is 0. The average molecular weight is 620 g/mol. The Morgan fingerprint density at radius 1 is 0.447 bits per heavy atom. The molecule has 0 aliphatic heterocycles. The minimum atomic E-state index is -0.137. The maximum atomic E-state index is 2.45. The van der Waals surface area contributed by atoms with Crippen LogP contribution in [0.5, 0.6) is 0 Å². The number of hydrogen-bond donors (Lipinski definition) is 0. The molecule has 0 N–H and O–H groups in total. The number of anilines is 3. The van der Waals surface area contributed by atoms with Crippen molar-refractivity contribution in [3.05, 3.63) is 175 Å². The molecular weight excluding hydrogens is 587 g/mol. The lowest BCUT2D eigenvalue weighted by molar-refractivity contribution is 0.661. The van der Waals surface area contributed by atoms with E-state index in [1.54, 1.807) is 0 Å². The van der Waals surface area contributed by atoms with Gasteiger partial charge in [-0.15, -0.1) is 11.3 Å². The van der Waals surface area contributed by atoms with Crippen LogP contribution < -0.4 is 4.90 Å². The molecule has 0 unspecified atom stereocenters. The molecule has 0 fully saturated rings. The molecule has 1 aromatic heterocycles. The van der Waals surface area contributed by atoms with Gasteiger partial charge in [0.15, 0.2) is 0 Å². The molecule has 47 heavy (non-hydrogen) atoms. The first kappa shape index (κ1) is 27.8. The molecule has 0 saturated heterocycles. The maximum absolute atomic E-state index is 2.45. The van der Waals surface area contributed by atoms with Crippen molar-refractivity contribution in [2.24, 2.45) is 0 Å². The predicted octanol–water partition coefficient (Wildman–Crippen LogP) is 13.2. The van der Waals surface area contributed by atoms with Crippen molar-refractivity contribution in [1.82, 2.24) is 0 Å². The Morgan fingerprint density at radius 2 is 1.02 bits per heavy atom. The Balaban J connectivity index is 1.20. The Morgan fingerprint density at radius 3 is 1.81 bits per heavy atom. The van der Waals surface area contributed by atoms with Crippen molar-refractivity contribution in [3.63, 3.8) is 0 Å². The molecule has 7 aromatic carbocycles. The van der Waals surface area contributed by atoms with Gasteiger partial charge in [-0.1, -0.05) is 141 Å². The molecular formula is C45H33NS. The van der Waals surface area contributed by atoms with Gasteiger partial charge in [-0.2, -0.15) is 0 Å². The van der Waals surface area contributed by atoms with Crippen molar-refractivity contribution in [3.8, 4) is 33.4 Å². The molecule has 0 atom stereocenters. The Hall–Kier alpha value is -5.44. The van der Waals surface area contributed by atoms with Gasteiger partial charge in [-0.3, -0.25) is 0 Å². The molecule has 0 amide bonds. The van der Waals surface area contributed by atoms with Gasteiger partial charge < -0.3 is 4.90 Å². The first-order valence-electron chi connectivity index (χ1n) is 16.3. The fraction of sp³-hybridized carbons (Fsp3) is 0.0667. The molecule has 224 valence electrons. The van der Waals surface area contributed by atoms with Gasteiger partial charge in [0.25, 0.3) is 0 Å². The molecule has 1 aliphatic rings. The van der Waals surface area contributed by atoms with Crippen LogP contribution in [0.1, 0.15) is 25.0 Å². The van der Waals surface area contributed by atoms with E-state index in [1.807, 2.05) is 11.3 Å². The number of fused-ring (bicyclic) bond motifs is 6. The Kier molecular flexibility index (Phi) is 6.41. The summed E-state index contributed by atoms with van der Waals surface area (Å²) in [5.74, 6) is 0. The van der Waals surface area contributed by atoms with Gasteiger partial charge in [0.2, 0.25) is 0 Å². The van der Waals surface area contributed by atoms with Gasteiger partial charge in [-0.25, -0.2) is 0 Å². The molecule has 2 heteroatoms. The molecule has 0 saturated carbocycles. The standard InChI is InChI=1S/C45H33NS/c1-45(2)40-19-8-6-14-36(40)38-17-11-20-41(43(38)45)46(33-26-22-31(23-27-33)30-12-4-3-5-13-30)34-28-24-32(25-29-34)35-16-10-18-39-37-15-7-9-21-42(37)47-44(35)39/h3-29H,1-2H3. The smallest absolute Gasteiger partial charge is 0.0508 e. The summed E-state index contributed by atoms with van der Waals surface area (Å²) in [5.41, 5.74) is 13.7. The molecule has 0 bridgehead atoms. The largest absolute Gasteiger partial charge is 0.310 e. The van der Waals surface area contributed by atoms with E-state index in [1.165, 1.54) is 70.4 Å². The molecule has 0 radical (unpaired) electrons. The minimum absolute atomic E-state index is 0.137. The third-order valence-electron chi connectivity index (χ3n) is 9.87. The Bertz CT molecular complexity index is 2410. The zero-order valence-electron chi connectivity index (χ0n) is 26.4. The molecule has 1 aliphatic carbocycles. The maximum Gasteiger partial charge on any atom is 0.0508 e. The lowest BCUT2D eigenvalue weighted by Crippen LogP contribution is -2.20. The molecule has 1 nitrogen and oxygen atoms in total. The lowest BCUT2D eigenvalue weighted by atomic mass is 9.81. The normalized spacial score (nSPS) is 13.1. The van der Waals surface area contributed by atoms with Crippen molar-refractivity contribution < 1.29 is 0 Å². The highest BCUT2D eigenvalue weighted by Gasteiger charge is 2.38.